The van der Waals surface area contributed by atoms with Gasteiger partial charge in [-0.25, -0.2) is 4.39 Å². The van der Waals surface area contributed by atoms with E-state index in [1.807, 2.05) is 25.1 Å². The fourth-order valence-corrected chi connectivity index (χ4v) is 2.60. The average molecular weight is 250 g/mol. The van der Waals surface area contributed by atoms with E-state index in [2.05, 4.69) is 17.1 Å². The maximum atomic E-state index is 13.9. The van der Waals surface area contributed by atoms with Crippen molar-refractivity contribution in [3.8, 4) is 0 Å². The van der Waals surface area contributed by atoms with Gasteiger partial charge in [-0.3, -0.25) is 0 Å². The molecular formula is C15H23FN2. The lowest BCUT2D eigenvalue weighted by Crippen LogP contribution is -2.39. The molecular weight excluding hydrogens is 227 g/mol. The number of anilines is 1. The van der Waals surface area contributed by atoms with E-state index in [0.29, 0.717) is 17.3 Å². The zero-order valence-corrected chi connectivity index (χ0v) is 11.4. The first-order valence-corrected chi connectivity index (χ1v) is 6.94. The summed E-state index contributed by atoms with van der Waals surface area (Å²) in [5.74, 6) is -0.103. The summed E-state index contributed by atoms with van der Waals surface area (Å²) in [7, 11) is 0. The Labute approximate surface area is 109 Å². The molecule has 0 saturated carbocycles. The summed E-state index contributed by atoms with van der Waals surface area (Å²) in [5, 5.41) is 3.35. The molecule has 0 bridgehead atoms. The third-order valence-corrected chi connectivity index (χ3v) is 3.68. The molecule has 18 heavy (non-hydrogen) atoms. The number of halogens is 1. The topological polar surface area (TPSA) is 15.3 Å². The lowest BCUT2D eigenvalue weighted by molar-refractivity contribution is 0.219. The van der Waals surface area contributed by atoms with Crippen LogP contribution in [-0.2, 0) is 0 Å². The van der Waals surface area contributed by atoms with Crippen LogP contribution in [0.4, 0.5) is 10.1 Å². The Hall–Kier alpha value is -1.09. The molecule has 2 rings (SSSR count). The van der Waals surface area contributed by atoms with Crippen LogP contribution in [0.15, 0.2) is 18.2 Å². The highest BCUT2D eigenvalue weighted by molar-refractivity contribution is 5.48. The summed E-state index contributed by atoms with van der Waals surface area (Å²) < 4.78 is 13.9. The molecule has 1 aromatic carbocycles. The maximum absolute atomic E-state index is 13.9. The van der Waals surface area contributed by atoms with Crippen LogP contribution in [0.1, 0.15) is 31.7 Å². The van der Waals surface area contributed by atoms with Gasteiger partial charge in [0.1, 0.15) is 5.82 Å². The second-order valence-electron chi connectivity index (χ2n) is 5.20. The van der Waals surface area contributed by atoms with Crippen LogP contribution < -0.4 is 5.32 Å². The molecule has 1 aliphatic rings. The van der Waals surface area contributed by atoms with E-state index in [4.69, 9.17) is 0 Å². The Kier molecular flexibility index (Phi) is 4.59. The van der Waals surface area contributed by atoms with Crippen molar-refractivity contribution >= 4 is 5.69 Å². The minimum Gasteiger partial charge on any atom is -0.380 e. The summed E-state index contributed by atoms with van der Waals surface area (Å²) >= 11 is 0. The van der Waals surface area contributed by atoms with Crippen LogP contribution in [0.3, 0.4) is 0 Å². The van der Waals surface area contributed by atoms with Gasteiger partial charge in [-0.2, -0.15) is 0 Å². The molecule has 0 atom stereocenters. The number of piperidine rings is 1. The predicted octanol–water partition coefficient (Wildman–Crippen LogP) is 3.42. The Morgan fingerprint density at radius 3 is 2.72 bits per heavy atom. The summed E-state index contributed by atoms with van der Waals surface area (Å²) in [4.78, 5) is 2.49. The third kappa shape index (κ3) is 3.22. The fourth-order valence-electron chi connectivity index (χ4n) is 2.60. The molecule has 1 N–H and O–H groups in total. The van der Waals surface area contributed by atoms with Crippen LogP contribution in [0.2, 0.25) is 0 Å². The molecule has 1 heterocycles. The number of rotatable bonds is 4. The second-order valence-corrected chi connectivity index (χ2v) is 5.20. The van der Waals surface area contributed by atoms with Gasteiger partial charge in [0.2, 0.25) is 0 Å². The van der Waals surface area contributed by atoms with Crippen molar-refractivity contribution in [2.45, 2.75) is 39.2 Å². The summed E-state index contributed by atoms with van der Waals surface area (Å²) in [5.41, 5.74) is 1.37. The van der Waals surface area contributed by atoms with Crippen LogP contribution >= 0.6 is 0 Å². The van der Waals surface area contributed by atoms with Crippen molar-refractivity contribution in [3.05, 3.63) is 29.6 Å². The van der Waals surface area contributed by atoms with Crippen molar-refractivity contribution in [2.75, 3.05) is 25.0 Å². The van der Waals surface area contributed by atoms with Gasteiger partial charge in [0.05, 0.1) is 5.69 Å². The molecule has 0 radical (unpaired) electrons. The number of nitrogens with zero attached hydrogens (tertiary/aromatic N) is 1. The fraction of sp³-hybridized carbons (Fsp3) is 0.600. The largest absolute Gasteiger partial charge is 0.380 e. The number of aryl methyl sites for hydroxylation is 1. The zero-order valence-electron chi connectivity index (χ0n) is 11.4. The first-order valence-electron chi connectivity index (χ1n) is 6.94. The van der Waals surface area contributed by atoms with E-state index in [-0.39, 0.29) is 5.82 Å². The van der Waals surface area contributed by atoms with E-state index in [0.717, 1.165) is 25.9 Å². The van der Waals surface area contributed by atoms with Crippen molar-refractivity contribution in [2.24, 2.45) is 0 Å². The van der Waals surface area contributed by atoms with Crippen molar-refractivity contribution in [3.63, 3.8) is 0 Å². The quantitative estimate of drug-likeness (QED) is 0.881. The molecule has 0 amide bonds. The highest BCUT2D eigenvalue weighted by Crippen LogP contribution is 2.21. The molecule has 1 saturated heterocycles. The van der Waals surface area contributed by atoms with Crippen molar-refractivity contribution in [1.29, 1.82) is 0 Å². The highest BCUT2D eigenvalue weighted by atomic mass is 19.1. The van der Waals surface area contributed by atoms with Gasteiger partial charge in [0.15, 0.2) is 0 Å². The van der Waals surface area contributed by atoms with E-state index >= 15 is 0 Å². The zero-order chi connectivity index (χ0) is 13.0. The molecule has 1 fully saturated rings. The molecule has 3 heteroatoms. The number of likely N-dealkylation sites (tertiary alicyclic amines) is 1. The van der Waals surface area contributed by atoms with Gasteiger partial charge in [-0.1, -0.05) is 19.1 Å². The lowest BCUT2D eigenvalue weighted by Gasteiger charge is -2.32. The average Bonchev–Trinajstić information content (AvgIpc) is 2.38. The van der Waals surface area contributed by atoms with Crippen LogP contribution in [0, 0.1) is 12.7 Å². The monoisotopic (exact) mass is 250 g/mol. The summed E-state index contributed by atoms with van der Waals surface area (Å²) in [6.07, 6.45) is 3.42. The minimum absolute atomic E-state index is 0.103. The number of hydrogen-bond donors (Lipinski definition) is 1. The molecule has 0 aromatic heterocycles. The Bertz CT molecular complexity index is 384. The van der Waals surface area contributed by atoms with Crippen molar-refractivity contribution < 1.29 is 4.39 Å². The smallest absolute Gasteiger partial charge is 0.149 e. The van der Waals surface area contributed by atoms with Gasteiger partial charge in [0, 0.05) is 19.1 Å². The highest BCUT2D eigenvalue weighted by Gasteiger charge is 2.19. The molecule has 0 aliphatic carbocycles. The Balaban J connectivity index is 1.90. The molecule has 2 nitrogen and oxygen atoms in total. The first-order chi connectivity index (χ1) is 8.70. The lowest BCUT2D eigenvalue weighted by atomic mass is 10.0. The van der Waals surface area contributed by atoms with Gasteiger partial charge in [-0.05, 0) is 44.4 Å². The molecule has 100 valence electrons. The minimum atomic E-state index is -0.103. The number of benzene rings is 1. The van der Waals surface area contributed by atoms with E-state index in [9.17, 15) is 4.39 Å². The first kappa shape index (κ1) is 13.3. The van der Waals surface area contributed by atoms with Gasteiger partial charge < -0.3 is 10.2 Å². The standard InChI is InChI=1S/C15H23FN2/c1-3-9-18-10-7-13(8-11-18)17-14-6-4-5-12(2)15(14)16/h4-6,13,17H,3,7-11H2,1-2H3. The van der Waals surface area contributed by atoms with E-state index in [1.165, 1.54) is 13.0 Å². The predicted molar refractivity (Wildman–Crippen MR) is 74.5 cm³/mol. The molecule has 1 aliphatic heterocycles. The summed E-state index contributed by atoms with van der Waals surface area (Å²) in [6, 6.07) is 5.97. The molecule has 1 aromatic rings. The van der Waals surface area contributed by atoms with Crippen molar-refractivity contribution in [1.82, 2.24) is 4.90 Å². The summed E-state index contributed by atoms with van der Waals surface area (Å²) in [6.45, 7) is 7.46. The van der Waals surface area contributed by atoms with Crippen LogP contribution in [0.25, 0.3) is 0 Å². The van der Waals surface area contributed by atoms with Crippen LogP contribution in [0.5, 0.6) is 0 Å². The van der Waals surface area contributed by atoms with Gasteiger partial charge in [0.25, 0.3) is 0 Å². The second kappa shape index (κ2) is 6.19. The Morgan fingerprint density at radius 1 is 1.33 bits per heavy atom. The van der Waals surface area contributed by atoms with Gasteiger partial charge in [-0.15, -0.1) is 0 Å². The molecule has 0 spiro atoms. The number of nitrogens with one attached hydrogen (secondary N) is 1. The Morgan fingerprint density at radius 2 is 2.06 bits per heavy atom. The maximum Gasteiger partial charge on any atom is 0.149 e. The van der Waals surface area contributed by atoms with Gasteiger partial charge >= 0.3 is 0 Å². The SMILES string of the molecule is CCCN1CCC(Nc2cccc(C)c2F)CC1. The van der Waals surface area contributed by atoms with E-state index < -0.39 is 0 Å². The molecule has 0 unspecified atom stereocenters. The van der Waals surface area contributed by atoms with E-state index in [1.54, 1.807) is 0 Å². The third-order valence-electron chi connectivity index (χ3n) is 3.68. The normalized spacial score (nSPS) is 17.9. The van der Waals surface area contributed by atoms with Crippen LogP contribution in [-0.4, -0.2) is 30.6 Å². The number of hydrogen-bond acceptors (Lipinski definition) is 2.